The first-order chi connectivity index (χ1) is 12.0. The summed E-state index contributed by atoms with van der Waals surface area (Å²) in [6.45, 7) is 2.43. The first kappa shape index (κ1) is 16.9. The zero-order valence-corrected chi connectivity index (χ0v) is 14.6. The van der Waals surface area contributed by atoms with E-state index < -0.39 is 0 Å². The molecular formula is C20H21NO4. The first-order valence-corrected chi connectivity index (χ1v) is 8.16. The van der Waals surface area contributed by atoms with Crippen LogP contribution in [0.15, 0.2) is 46.9 Å². The molecule has 0 aliphatic rings. The van der Waals surface area contributed by atoms with Crippen molar-refractivity contribution >= 4 is 16.9 Å². The number of hydrogen-bond acceptors (Lipinski definition) is 4. The average molecular weight is 339 g/mol. The molecule has 0 bridgehead atoms. The van der Waals surface area contributed by atoms with Crippen molar-refractivity contribution in [3.8, 4) is 11.5 Å². The van der Waals surface area contributed by atoms with E-state index in [0.717, 1.165) is 28.7 Å². The number of rotatable bonds is 5. The van der Waals surface area contributed by atoms with Crippen LogP contribution in [0.4, 0.5) is 0 Å². The number of nitrogens with zero attached hydrogens (tertiary/aromatic N) is 1. The van der Waals surface area contributed by atoms with Gasteiger partial charge in [-0.05, 0) is 18.2 Å². The molecule has 130 valence electrons. The predicted octanol–water partition coefficient (Wildman–Crippen LogP) is 3.98. The van der Waals surface area contributed by atoms with Crippen LogP contribution in [0, 0.1) is 0 Å². The van der Waals surface area contributed by atoms with Crippen LogP contribution < -0.4 is 4.74 Å². The number of hydrogen-bond donors (Lipinski definition) is 1. The molecule has 0 spiro atoms. The van der Waals surface area contributed by atoms with Gasteiger partial charge in [0, 0.05) is 37.0 Å². The van der Waals surface area contributed by atoms with Crippen LogP contribution in [0.25, 0.3) is 11.0 Å². The summed E-state index contributed by atoms with van der Waals surface area (Å²) >= 11 is 0. The molecule has 0 aliphatic carbocycles. The molecule has 0 saturated heterocycles. The Kier molecular flexibility index (Phi) is 4.65. The van der Waals surface area contributed by atoms with E-state index in [1.54, 1.807) is 24.1 Å². The van der Waals surface area contributed by atoms with Gasteiger partial charge < -0.3 is 19.2 Å². The highest BCUT2D eigenvalue weighted by Gasteiger charge is 2.20. The summed E-state index contributed by atoms with van der Waals surface area (Å²) in [6, 6.07) is 12.5. The maximum atomic E-state index is 12.7. The molecule has 1 N–H and O–H groups in total. The van der Waals surface area contributed by atoms with Crippen LogP contribution >= 0.6 is 0 Å². The van der Waals surface area contributed by atoms with Gasteiger partial charge in [-0.3, -0.25) is 4.79 Å². The topological polar surface area (TPSA) is 62.9 Å². The Bertz CT molecular complexity index is 913. The highest BCUT2D eigenvalue weighted by Crippen LogP contribution is 2.29. The third-order valence-electron chi connectivity index (χ3n) is 4.28. The Morgan fingerprint density at radius 2 is 2.00 bits per heavy atom. The Labute approximate surface area is 146 Å². The van der Waals surface area contributed by atoms with E-state index in [9.17, 15) is 9.90 Å². The summed E-state index contributed by atoms with van der Waals surface area (Å²) in [4.78, 5) is 14.3. The molecule has 5 heteroatoms. The minimum atomic E-state index is -0.257. The summed E-state index contributed by atoms with van der Waals surface area (Å²) in [5, 5.41) is 11.1. The van der Waals surface area contributed by atoms with E-state index in [-0.39, 0.29) is 17.2 Å². The van der Waals surface area contributed by atoms with Crippen molar-refractivity contribution in [3.05, 3.63) is 59.4 Å². The van der Waals surface area contributed by atoms with Crippen molar-refractivity contribution in [1.82, 2.24) is 4.90 Å². The van der Waals surface area contributed by atoms with E-state index >= 15 is 0 Å². The van der Waals surface area contributed by atoms with Crippen molar-refractivity contribution < 1.29 is 19.1 Å². The first-order valence-electron chi connectivity index (χ1n) is 8.16. The van der Waals surface area contributed by atoms with Gasteiger partial charge in [-0.2, -0.15) is 0 Å². The molecule has 0 fully saturated rings. The maximum absolute atomic E-state index is 12.7. The fourth-order valence-corrected chi connectivity index (χ4v) is 2.94. The molecule has 3 aromatic rings. The molecule has 0 radical (unpaired) electrons. The zero-order valence-electron chi connectivity index (χ0n) is 14.6. The summed E-state index contributed by atoms with van der Waals surface area (Å²) in [5.74, 6) is 1.03. The molecule has 3 rings (SSSR count). The van der Waals surface area contributed by atoms with Gasteiger partial charge in [0.2, 0.25) is 0 Å². The van der Waals surface area contributed by atoms with E-state index in [2.05, 4.69) is 0 Å². The van der Waals surface area contributed by atoms with Gasteiger partial charge in [-0.15, -0.1) is 0 Å². The number of fused-ring (bicyclic) bond motifs is 1. The standard InChI is InChI=1S/C20H21NO4/c1-4-18-16(14-7-5-6-8-19(14)25-18)12-21(2)20(23)15-10-9-13(24-3)11-17(15)22/h5-11,22H,4,12H2,1-3H3. The molecule has 1 aromatic heterocycles. The quantitative estimate of drug-likeness (QED) is 0.764. The van der Waals surface area contributed by atoms with Crippen LogP contribution in [-0.4, -0.2) is 30.1 Å². The van der Waals surface area contributed by atoms with Crippen molar-refractivity contribution in [1.29, 1.82) is 0 Å². The van der Waals surface area contributed by atoms with Gasteiger partial charge in [0.15, 0.2) is 0 Å². The second-order valence-corrected chi connectivity index (χ2v) is 5.90. The number of phenolic OH excluding ortho intramolecular Hbond substituents is 1. The van der Waals surface area contributed by atoms with E-state index in [4.69, 9.17) is 9.15 Å². The predicted molar refractivity (Wildman–Crippen MR) is 96.0 cm³/mol. The molecule has 1 heterocycles. The summed E-state index contributed by atoms with van der Waals surface area (Å²) < 4.78 is 10.9. The van der Waals surface area contributed by atoms with Crippen molar-refractivity contribution in [3.63, 3.8) is 0 Å². The second-order valence-electron chi connectivity index (χ2n) is 5.90. The van der Waals surface area contributed by atoms with Crippen LogP contribution in [0.2, 0.25) is 0 Å². The monoisotopic (exact) mass is 339 g/mol. The van der Waals surface area contributed by atoms with E-state index in [1.807, 2.05) is 31.2 Å². The van der Waals surface area contributed by atoms with Crippen LogP contribution in [0.1, 0.15) is 28.6 Å². The van der Waals surface area contributed by atoms with E-state index in [1.165, 1.54) is 13.2 Å². The van der Waals surface area contributed by atoms with E-state index in [0.29, 0.717) is 12.3 Å². The molecule has 5 nitrogen and oxygen atoms in total. The smallest absolute Gasteiger partial charge is 0.257 e. The van der Waals surface area contributed by atoms with Crippen molar-refractivity contribution in [2.24, 2.45) is 0 Å². The number of amides is 1. The van der Waals surface area contributed by atoms with Crippen molar-refractivity contribution in [2.45, 2.75) is 19.9 Å². The number of phenols is 1. The number of aromatic hydroxyl groups is 1. The van der Waals surface area contributed by atoms with Gasteiger partial charge in [0.1, 0.15) is 22.8 Å². The molecule has 0 unspecified atom stereocenters. The number of ether oxygens (including phenoxy) is 1. The van der Waals surface area contributed by atoms with Gasteiger partial charge in [0.25, 0.3) is 5.91 Å². The van der Waals surface area contributed by atoms with Crippen LogP contribution in [0.3, 0.4) is 0 Å². The summed E-state index contributed by atoms with van der Waals surface area (Å²) in [5.41, 5.74) is 2.07. The second kappa shape index (κ2) is 6.89. The fraction of sp³-hybridized carbons (Fsp3) is 0.250. The Hall–Kier alpha value is -2.95. The third kappa shape index (κ3) is 3.18. The van der Waals surface area contributed by atoms with Gasteiger partial charge in [-0.1, -0.05) is 25.1 Å². The Balaban J connectivity index is 1.89. The summed E-state index contributed by atoms with van der Waals surface area (Å²) in [7, 11) is 3.23. The summed E-state index contributed by atoms with van der Waals surface area (Å²) in [6.07, 6.45) is 0.750. The lowest BCUT2D eigenvalue weighted by molar-refractivity contribution is 0.0782. The molecule has 2 aromatic carbocycles. The minimum Gasteiger partial charge on any atom is -0.507 e. The van der Waals surface area contributed by atoms with Crippen molar-refractivity contribution in [2.75, 3.05) is 14.2 Å². The SMILES string of the molecule is CCc1oc2ccccc2c1CN(C)C(=O)c1ccc(OC)cc1O. The molecule has 0 atom stereocenters. The molecule has 1 amide bonds. The highest BCUT2D eigenvalue weighted by molar-refractivity contribution is 5.97. The molecule has 0 saturated carbocycles. The zero-order chi connectivity index (χ0) is 18.0. The maximum Gasteiger partial charge on any atom is 0.257 e. The number of carbonyl (C=O) groups is 1. The lowest BCUT2D eigenvalue weighted by Crippen LogP contribution is -2.26. The average Bonchev–Trinajstić information content (AvgIpc) is 2.98. The highest BCUT2D eigenvalue weighted by atomic mass is 16.5. The molecule has 0 aliphatic heterocycles. The number of methoxy groups -OCH3 is 1. The Morgan fingerprint density at radius 3 is 2.68 bits per heavy atom. The third-order valence-corrected chi connectivity index (χ3v) is 4.28. The number of carbonyl (C=O) groups excluding carboxylic acids is 1. The Morgan fingerprint density at radius 1 is 1.24 bits per heavy atom. The van der Waals surface area contributed by atoms with Gasteiger partial charge in [0.05, 0.1) is 12.7 Å². The minimum absolute atomic E-state index is 0.0935. The number of benzene rings is 2. The number of aryl methyl sites for hydroxylation is 1. The van der Waals surface area contributed by atoms with Crippen LogP contribution in [-0.2, 0) is 13.0 Å². The van der Waals surface area contributed by atoms with Crippen LogP contribution in [0.5, 0.6) is 11.5 Å². The lowest BCUT2D eigenvalue weighted by atomic mass is 10.1. The molecule has 25 heavy (non-hydrogen) atoms. The lowest BCUT2D eigenvalue weighted by Gasteiger charge is -2.18. The number of para-hydroxylation sites is 1. The normalized spacial score (nSPS) is 10.8. The van der Waals surface area contributed by atoms with Gasteiger partial charge in [-0.25, -0.2) is 0 Å². The largest absolute Gasteiger partial charge is 0.507 e. The van der Waals surface area contributed by atoms with Gasteiger partial charge >= 0.3 is 0 Å². The fourth-order valence-electron chi connectivity index (χ4n) is 2.94. The number of furan rings is 1. The molecular weight excluding hydrogens is 318 g/mol.